The van der Waals surface area contributed by atoms with Crippen LogP contribution in [0.3, 0.4) is 0 Å². The van der Waals surface area contributed by atoms with Crippen molar-refractivity contribution in [2.45, 2.75) is 39.8 Å². The summed E-state index contributed by atoms with van der Waals surface area (Å²) in [6.45, 7) is 12.2. The molecule has 0 aromatic carbocycles. The van der Waals surface area contributed by atoms with Crippen LogP contribution in [-0.4, -0.2) is 62.3 Å². The number of likely N-dealkylation sites (N-methyl/N-ethyl adjacent to an activating group) is 2. The standard InChI is InChI=1S/C8H16N2O.2C2H6/c1-9-3-4-10(2)8-6-11-5-7(8)9;2*1-2/h7-8H,3-6H2,1-2H3;2*1-2H3. The summed E-state index contributed by atoms with van der Waals surface area (Å²) in [5.74, 6) is 0. The molecule has 0 amide bonds. The van der Waals surface area contributed by atoms with E-state index >= 15 is 0 Å². The van der Waals surface area contributed by atoms with Crippen LogP contribution < -0.4 is 0 Å². The SMILES string of the molecule is CC.CC.CN1CCN(C)C2COCC21. The highest BCUT2D eigenvalue weighted by atomic mass is 16.5. The number of hydrogen-bond acceptors (Lipinski definition) is 3. The lowest BCUT2D eigenvalue weighted by Gasteiger charge is -2.39. The van der Waals surface area contributed by atoms with Crippen molar-refractivity contribution >= 4 is 0 Å². The van der Waals surface area contributed by atoms with Crippen LogP contribution in [0.15, 0.2) is 0 Å². The van der Waals surface area contributed by atoms with Gasteiger partial charge >= 0.3 is 0 Å². The van der Waals surface area contributed by atoms with Gasteiger partial charge in [0, 0.05) is 13.1 Å². The normalized spacial score (nSPS) is 30.8. The topological polar surface area (TPSA) is 15.7 Å². The summed E-state index contributed by atoms with van der Waals surface area (Å²) in [5, 5.41) is 0. The first-order valence-electron chi connectivity index (χ1n) is 6.27. The van der Waals surface area contributed by atoms with Gasteiger partial charge in [0.15, 0.2) is 0 Å². The minimum absolute atomic E-state index is 0.647. The minimum Gasteiger partial charge on any atom is -0.378 e. The van der Waals surface area contributed by atoms with E-state index in [1.807, 2.05) is 27.7 Å². The molecule has 0 aromatic heterocycles. The van der Waals surface area contributed by atoms with Crippen molar-refractivity contribution < 1.29 is 4.74 Å². The van der Waals surface area contributed by atoms with Crippen LogP contribution in [0.4, 0.5) is 0 Å². The maximum atomic E-state index is 5.45. The Morgan fingerprint density at radius 3 is 1.47 bits per heavy atom. The molecule has 2 atom stereocenters. The van der Waals surface area contributed by atoms with Crippen molar-refractivity contribution in [2.24, 2.45) is 0 Å². The molecular formula is C12H28N2O. The highest BCUT2D eigenvalue weighted by Gasteiger charge is 2.37. The van der Waals surface area contributed by atoms with Crippen molar-refractivity contribution in [1.29, 1.82) is 0 Å². The maximum absolute atomic E-state index is 5.45. The van der Waals surface area contributed by atoms with Crippen LogP contribution in [0.1, 0.15) is 27.7 Å². The molecule has 15 heavy (non-hydrogen) atoms. The molecule has 0 aliphatic carbocycles. The molecule has 0 N–H and O–H groups in total. The van der Waals surface area contributed by atoms with E-state index in [1.54, 1.807) is 0 Å². The Morgan fingerprint density at radius 1 is 0.800 bits per heavy atom. The Hall–Kier alpha value is -0.120. The first kappa shape index (κ1) is 14.9. The van der Waals surface area contributed by atoms with Crippen molar-refractivity contribution in [3.63, 3.8) is 0 Å². The quantitative estimate of drug-likeness (QED) is 0.613. The summed E-state index contributed by atoms with van der Waals surface area (Å²) in [7, 11) is 4.39. The second kappa shape index (κ2) is 8.08. The van der Waals surface area contributed by atoms with Crippen molar-refractivity contribution in [3.8, 4) is 0 Å². The molecule has 2 rings (SSSR count). The fourth-order valence-electron chi connectivity index (χ4n) is 2.02. The van der Waals surface area contributed by atoms with Gasteiger partial charge in [-0.05, 0) is 14.1 Å². The van der Waals surface area contributed by atoms with Crippen LogP contribution >= 0.6 is 0 Å². The predicted molar refractivity (Wildman–Crippen MR) is 66.4 cm³/mol. The van der Waals surface area contributed by atoms with Gasteiger partial charge in [0.2, 0.25) is 0 Å². The first-order chi connectivity index (χ1) is 7.29. The fourth-order valence-corrected chi connectivity index (χ4v) is 2.02. The molecule has 92 valence electrons. The van der Waals surface area contributed by atoms with Gasteiger partial charge < -0.3 is 4.74 Å². The average Bonchev–Trinajstić information content (AvgIpc) is 2.79. The monoisotopic (exact) mass is 216 g/mol. The van der Waals surface area contributed by atoms with Crippen molar-refractivity contribution in [2.75, 3.05) is 40.4 Å². The first-order valence-corrected chi connectivity index (χ1v) is 6.27. The number of piperazine rings is 1. The van der Waals surface area contributed by atoms with Gasteiger partial charge in [0.1, 0.15) is 0 Å². The number of rotatable bonds is 0. The summed E-state index contributed by atoms with van der Waals surface area (Å²) < 4.78 is 5.45. The van der Waals surface area contributed by atoms with Crippen LogP contribution in [0.5, 0.6) is 0 Å². The Labute approximate surface area is 95.4 Å². The van der Waals surface area contributed by atoms with Gasteiger partial charge in [-0.3, -0.25) is 9.80 Å². The number of ether oxygens (including phenoxy) is 1. The molecule has 0 spiro atoms. The average molecular weight is 216 g/mol. The molecule has 0 saturated carbocycles. The van der Waals surface area contributed by atoms with Gasteiger partial charge in [0.05, 0.1) is 25.3 Å². The Balaban J connectivity index is 0.000000442. The van der Waals surface area contributed by atoms with Crippen LogP contribution in [0, 0.1) is 0 Å². The zero-order chi connectivity index (χ0) is 11.8. The Bertz CT molecular complexity index is 137. The lowest BCUT2D eigenvalue weighted by molar-refractivity contribution is 0.0831. The van der Waals surface area contributed by atoms with Crippen LogP contribution in [-0.2, 0) is 4.74 Å². The predicted octanol–water partition coefficient (Wildman–Crippen LogP) is 1.68. The summed E-state index contributed by atoms with van der Waals surface area (Å²) in [5.41, 5.74) is 0. The molecular weight excluding hydrogens is 188 g/mol. The van der Waals surface area contributed by atoms with Gasteiger partial charge in [-0.25, -0.2) is 0 Å². The van der Waals surface area contributed by atoms with Gasteiger partial charge in [-0.2, -0.15) is 0 Å². The molecule has 2 aliphatic rings. The summed E-state index contributed by atoms with van der Waals surface area (Å²) >= 11 is 0. The Kier molecular flexibility index (Phi) is 8.02. The van der Waals surface area contributed by atoms with Gasteiger partial charge in [-0.15, -0.1) is 0 Å². The summed E-state index contributed by atoms with van der Waals surface area (Å²) in [6, 6.07) is 1.29. The molecule has 2 aliphatic heterocycles. The molecule has 0 bridgehead atoms. The molecule has 3 heteroatoms. The van der Waals surface area contributed by atoms with E-state index in [2.05, 4.69) is 23.9 Å². The largest absolute Gasteiger partial charge is 0.378 e. The van der Waals surface area contributed by atoms with Crippen molar-refractivity contribution in [1.82, 2.24) is 9.80 Å². The third-order valence-corrected chi connectivity index (χ3v) is 2.96. The van der Waals surface area contributed by atoms with Crippen LogP contribution in [0.25, 0.3) is 0 Å². The van der Waals surface area contributed by atoms with Gasteiger partial charge in [0.25, 0.3) is 0 Å². The Morgan fingerprint density at radius 2 is 1.13 bits per heavy atom. The van der Waals surface area contributed by atoms with E-state index in [-0.39, 0.29) is 0 Å². The zero-order valence-corrected chi connectivity index (χ0v) is 11.3. The maximum Gasteiger partial charge on any atom is 0.0638 e. The number of fused-ring (bicyclic) bond motifs is 1. The summed E-state index contributed by atoms with van der Waals surface area (Å²) in [6.07, 6.45) is 0. The lowest BCUT2D eigenvalue weighted by Crippen LogP contribution is -2.56. The van der Waals surface area contributed by atoms with E-state index in [1.165, 1.54) is 13.1 Å². The van der Waals surface area contributed by atoms with E-state index in [4.69, 9.17) is 4.74 Å². The van der Waals surface area contributed by atoms with E-state index in [0.717, 1.165) is 13.2 Å². The zero-order valence-electron chi connectivity index (χ0n) is 11.3. The molecule has 2 unspecified atom stereocenters. The van der Waals surface area contributed by atoms with Gasteiger partial charge in [-0.1, -0.05) is 27.7 Å². The fraction of sp³-hybridized carbons (Fsp3) is 1.00. The van der Waals surface area contributed by atoms with E-state index in [9.17, 15) is 0 Å². The highest BCUT2D eigenvalue weighted by molar-refractivity contribution is 4.92. The third kappa shape index (κ3) is 3.74. The molecule has 0 aromatic rings. The number of hydrogen-bond donors (Lipinski definition) is 0. The third-order valence-electron chi connectivity index (χ3n) is 2.96. The second-order valence-electron chi connectivity index (χ2n) is 3.63. The minimum atomic E-state index is 0.647. The molecule has 2 fully saturated rings. The number of nitrogens with zero attached hydrogens (tertiary/aromatic N) is 2. The van der Waals surface area contributed by atoms with Crippen molar-refractivity contribution in [3.05, 3.63) is 0 Å². The molecule has 2 heterocycles. The summed E-state index contributed by atoms with van der Waals surface area (Å²) in [4.78, 5) is 4.83. The van der Waals surface area contributed by atoms with Crippen LogP contribution in [0.2, 0.25) is 0 Å². The highest BCUT2D eigenvalue weighted by Crippen LogP contribution is 2.19. The molecule has 2 saturated heterocycles. The smallest absolute Gasteiger partial charge is 0.0638 e. The van der Waals surface area contributed by atoms with E-state index < -0.39 is 0 Å². The molecule has 0 radical (unpaired) electrons. The molecule has 3 nitrogen and oxygen atoms in total. The second-order valence-corrected chi connectivity index (χ2v) is 3.63. The van der Waals surface area contributed by atoms with E-state index in [0.29, 0.717) is 12.1 Å². The lowest BCUT2D eigenvalue weighted by atomic mass is 10.1.